The van der Waals surface area contributed by atoms with Crippen molar-refractivity contribution in [1.29, 1.82) is 0 Å². The second kappa shape index (κ2) is 13.2. The highest BCUT2D eigenvalue weighted by atomic mass is 35.5. The van der Waals surface area contributed by atoms with Crippen LogP contribution in [0.25, 0.3) is 0 Å². The van der Waals surface area contributed by atoms with Crippen molar-refractivity contribution in [3.05, 3.63) is 70.8 Å². The fourth-order valence-corrected chi connectivity index (χ4v) is 7.32. The Hall–Kier alpha value is -2.34. The maximum Gasteiger partial charge on any atom is 0.416 e. The Bertz CT molecular complexity index is 1260. The van der Waals surface area contributed by atoms with Crippen LogP contribution in [0.4, 0.5) is 26.3 Å². The van der Waals surface area contributed by atoms with Crippen LogP contribution in [0.3, 0.4) is 0 Å². The van der Waals surface area contributed by atoms with E-state index in [4.69, 9.17) is 9.47 Å². The van der Waals surface area contributed by atoms with E-state index in [2.05, 4.69) is 10.2 Å². The van der Waals surface area contributed by atoms with Gasteiger partial charge in [0.05, 0.1) is 41.4 Å². The minimum Gasteiger partial charge on any atom is -0.466 e. The third kappa shape index (κ3) is 7.21. The summed E-state index contributed by atoms with van der Waals surface area (Å²) in [5.74, 6) is 0.0317. The summed E-state index contributed by atoms with van der Waals surface area (Å²) in [5.41, 5.74) is -3.12. The highest BCUT2D eigenvalue weighted by Crippen LogP contribution is 2.48. The van der Waals surface area contributed by atoms with Gasteiger partial charge in [0.1, 0.15) is 0 Å². The zero-order chi connectivity index (χ0) is 31.0. The largest absolute Gasteiger partial charge is 0.466 e. The standard InChI is InChI=1S/C32H38F6N2O3.ClH/c1-3-42-28(41)29(2)12-7-13-40(20-29)18-22-17-30(23-8-5-4-6-9-23)27(11-10-26(22)39-30)43-19-21-14-24(31(33,34)35)16-25(15-21)32(36,37)38;/h4-6,8-9,14-16,22,26-27,39H,3,7,10-13,17-20H2,1-2H3;1H. The number of nitrogens with zero attached hydrogens (tertiary/aromatic N) is 1. The number of alkyl halides is 6. The lowest BCUT2D eigenvalue weighted by molar-refractivity contribution is -0.158. The first-order chi connectivity index (χ1) is 20.2. The topological polar surface area (TPSA) is 50.8 Å². The van der Waals surface area contributed by atoms with Crippen LogP contribution < -0.4 is 5.32 Å². The highest BCUT2D eigenvalue weighted by molar-refractivity contribution is 5.85. The molecule has 0 spiro atoms. The summed E-state index contributed by atoms with van der Waals surface area (Å²) >= 11 is 0. The molecule has 2 aromatic rings. The predicted octanol–water partition coefficient (Wildman–Crippen LogP) is 7.36. The molecule has 5 atom stereocenters. The first-order valence-corrected chi connectivity index (χ1v) is 14.9. The number of esters is 1. The van der Waals surface area contributed by atoms with E-state index >= 15 is 0 Å². The molecule has 3 heterocycles. The number of hydrogen-bond acceptors (Lipinski definition) is 5. The van der Waals surface area contributed by atoms with Crippen LogP contribution in [0.15, 0.2) is 48.5 Å². The van der Waals surface area contributed by atoms with Crippen LogP contribution in [-0.2, 0) is 38.8 Å². The molecule has 0 aromatic heterocycles. The summed E-state index contributed by atoms with van der Waals surface area (Å²) < 4.78 is 92.3. The molecule has 3 aliphatic rings. The van der Waals surface area contributed by atoms with Crippen molar-refractivity contribution in [2.75, 3.05) is 26.2 Å². The number of rotatable bonds is 8. The Labute approximate surface area is 260 Å². The number of hydrogen-bond donors (Lipinski definition) is 1. The van der Waals surface area contributed by atoms with Gasteiger partial charge in [0.25, 0.3) is 0 Å². The van der Waals surface area contributed by atoms with Crippen molar-refractivity contribution in [2.45, 2.75) is 82.6 Å². The minimum atomic E-state index is -4.92. The molecule has 5 nitrogen and oxygen atoms in total. The van der Waals surface area contributed by atoms with Crippen LogP contribution in [0.2, 0.25) is 0 Å². The second-order valence-corrected chi connectivity index (χ2v) is 12.5. The van der Waals surface area contributed by atoms with Crippen molar-refractivity contribution in [3.8, 4) is 0 Å². The number of carbonyl (C=O) groups is 1. The monoisotopic (exact) mass is 648 g/mol. The van der Waals surface area contributed by atoms with Gasteiger partial charge in [-0.05, 0) is 87.7 Å². The molecular weight excluding hydrogens is 610 g/mol. The van der Waals surface area contributed by atoms with Gasteiger partial charge in [0.15, 0.2) is 0 Å². The van der Waals surface area contributed by atoms with E-state index in [1.165, 1.54) is 0 Å². The van der Waals surface area contributed by atoms with Crippen molar-refractivity contribution >= 4 is 18.4 Å². The Morgan fingerprint density at radius 2 is 1.68 bits per heavy atom. The third-order valence-corrected chi connectivity index (χ3v) is 9.31. The fraction of sp³-hybridized carbons (Fsp3) is 0.594. The smallest absolute Gasteiger partial charge is 0.416 e. The summed E-state index contributed by atoms with van der Waals surface area (Å²) in [7, 11) is 0. The van der Waals surface area contributed by atoms with Gasteiger partial charge in [0.2, 0.25) is 0 Å². The van der Waals surface area contributed by atoms with Crippen molar-refractivity contribution in [1.82, 2.24) is 10.2 Å². The van der Waals surface area contributed by atoms with E-state index in [-0.39, 0.29) is 48.6 Å². The average molecular weight is 649 g/mol. The van der Waals surface area contributed by atoms with E-state index in [1.807, 2.05) is 37.3 Å². The van der Waals surface area contributed by atoms with Gasteiger partial charge in [-0.15, -0.1) is 12.4 Å². The number of nitrogens with one attached hydrogen (secondary N) is 1. The molecular formula is C32H39ClF6N2O3. The molecule has 1 N–H and O–H groups in total. The number of ether oxygens (including phenoxy) is 2. The SMILES string of the molecule is CCOC(=O)C1(C)CCCN(CC2CC3(c4ccccc4)NC2CCC3OCc2cc(C(F)(F)F)cc(C(F)(F)F)c2)C1.Cl. The molecule has 2 bridgehead atoms. The lowest BCUT2D eigenvalue weighted by Gasteiger charge is -2.42. The Balaban J connectivity index is 0.00000442. The highest BCUT2D eigenvalue weighted by Gasteiger charge is 2.55. The summed E-state index contributed by atoms with van der Waals surface area (Å²) in [6.07, 6.45) is -6.61. The second-order valence-electron chi connectivity index (χ2n) is 12.5. The van der Waals surface area contributed by atoms with Gasteiger partial charge in [-0.25, -0.2) is 0 Å². The van der Waals surface area contributed by atoms with Gasteiger partial charge < -0.3 is 19.7 Å². The van der Waals surface area contributed by atoms with Gasteiger partial charge in [-0.3, -0.25) is 4.79 Å². The van der Waals surface area contributed by atoms with Crippen molar-refractivity contribution in [3.63, 3.8) is 0 Å². The molecule has 5 unspecified atom stereocenters. The van der Waals surface area contributed by atoms with Crippen LogP contribution in [0.1, 0.15) is 68.2 Å². The lowest BCUT2D eigenvalue weighted by Crippen LogP contribution is -2.54. The molecule has 3 aliphatic heterocycles. The van der Waals surface area contributed by atoms with Crippen LogP contribution in [0, 0.1) is 11.3 Å². The summed E-state index contributed by atoms with van der Waals surface area (Å²) in [6, 6.07) is 11.5. The van der Waals surface area contributed by atoms with Crippen molar-refractivity contribution in [2.24, 2.45) is 11.3 Å². The van der Waals surface area contributed by atoms with Crippen LogP contribution in [-0.4, -0.2) is 49.3 Å². The molecule has 0 radical (unpaired) electrons. The Kier molecular flexibility index (Phi) is 10.3. The lowest BCUT2D eigenvalue weighted by atomic mass is 9.79. The van der Waals surface area contributed by atoms with Crippen LogP contribution in [0.5, 0.6) is 0 Å². The molecule has 0 aliphatic carbocycles. The average Bonchev–Trinajstić information content (AvgIpc) is 3.24. The van der Waals surface area contributed by atoms with E-state index in [0.29, 0.717) is 26.0 Å². The molecule has 5 rings (SSSR count). The zero-order valence-corrected chi connectivity index (χ0v) is 25.6. The summed E-state index contributed by atoms with van der Waals surface area (Å²) in [4.78, 5) is 15.0. The molecule has 0 amide bonds. The summed E-state index contributed by atoms with van der Waals surface area (Å²) in [5, 5.41) is 3.78. The van der Waals surface area contributed by atoms with Crippen molar-refractivity contribution < 1.29 is 40.6 Å². The first-order valence-electron chi connectivity index (χ1n) is 14.9. The zero-order valence-electron chi connectivity index (χ0n) is 24.8. The van der Waals surface area contributed by atoms with Gasteiger partial charge in [-0.2, -0.15) is 26.3 Å². The summed E-state index contributed by atoms with van der Waals surface area (Å²) in [6.45, 7) is 5.94. The van der Waals surface area contributed by atoms with E-state index in [9.17, 15) is 31.1 Å². The van der Waals surface area contributed by atoms with Gasteiger partial charge in [0, 0.05) is 19.1 Å². The van der Waals surface area contributed by atoms with Crippen LogP contribution >= 0.6 is 12.4 Å². The van der Waals surface area contributed by atoms with E-state index in [0.717, 1.165) is 50.0 Å². The third-order valence-electron chi connectivity index (χ3n) is 9.31. The number of halogens is 7. The molecule has 12 heteroatoms. The number of carbonyl (C=O) groups excluding carboxylic acids is 1. The first kappa shape index (κ1) is 34.5. The molecule has 3 saturated heterocycles. The quantitative estimate of drug-likeness (QED) is 0.239. The number of likely N-dealkylation sites (tertiary alicyclic amines) is 1. The predicted molar refractivity (Wildman–Crippen MR) is 155 cm³/mol. The number of fused-ring (bicyclic) bond motifs is 2. The Morgan fingerprint density at radius 3 is 2.30 bits per heavy atom. The molecule has 44 heavy (non-hydrogen) atoms. The number of piperidine rings is 2. The molecule has 0 saturated carbocycles. The van der Waals surface area contributed by atoms with Gasteiger partial charge >= 0.3 is 18.3 Å². The number of benzene rings is 2. The van der Waals surface area contributed by atoms with E-state index < -0.39 is 40.5 Å². The normalized spacial score (nSPS) is 29.2. The fourth-order valence-electron chi connectivity index (χ4n) is 7.32. The maximum absolute atomic E-state index is 13.5. The molecule has 2 aromatic carbocycles. The molecule has 3 fully saturated rings. The molecule has 244 valence electrons. The Morgan fingerprint density at radius 1 is 1.02 bits per heavy atom. The maximum atomic E-state index is 13.5. The van der Waals surface area contributed by atoms with Gasteiger partial charge in [-0.1, -0.05) is 30.3 Å². The minimum absolute atomic E-state index is 0. The van der Waals surface area contributed by atoms with E-state index in [1.54, 1.807) is 6.92 Å².